The molecule has 0 bridgehead atoms. The molecule has 1 aromatic carbocycles. The third-order valence-corrected chi connectivity index (χ3v) is 3.80. The first-order valence-corrected chi connectivity index (χ1v) is 7.09. The number of aromatic hydroxyl groups is 1. The first kappa shape index (κ1) is 13.9. The van der Waals surface area contributed by atoms with Crippen LogP contribution in [0.4, 0.5) is 0 Å². The summed E-state index contributed by atoms with van der Waals surface area (Å²) in [5.41, 5.74) is 1.99. The van der Waals surface area contributed by atoms with Gasteiger partial charge in [-0.1, -0.05) is 20.8 Å². The zero-order chi connectivity index (χ0) is 14.0. The molecule has 0 fully saturated rings. The summed E-state index contributed by atoms with van der Waals surface area (Å²) in [7, 11) is 1.62. The minimum Gasteiger partial charge on any atom is -0.508 e. The molecular formula is C15H19NO2S. The Morgan fingerprint density at radius 2 is 2.05 bits per heavy atom. The van der Waals surface area contributed by atoms with Gasteiger partial charge in [0.2, 0.25) is 0 Å². The summed E-state index contributed by atoms with van der Waals surface area (Å²) in [6, 6.07) is 5.27. The number of hydrogen-bond donors (Lipinski definition) is 1. The van der Waals surface area contributed by atoms with Crippen molar-refractivity contribution in [2.75, 3.05) is 7.11 Å². The molecule has 0 saturated carbocycles. The quantitative estimate of drug-likeness (QED) is 0.929. The van der Waals surface area contributed by atoms with Crippen LogP contribution in [0.3, 0.4) is 0 Å². The Labute approximate surface area is 117 Å². The maximum absolute atomic E-state index is 9.88. The smallest absolute Gasteiger partial charge is 0.119 e. The van der Waals surface area contributed by atoms with Crippen LogP contribution >= 0.6 is 11.3 Å². The Morgan fingerprint density at radius 3 is 2.63 bits per heavy atom. The van der Waals surface area contributed by atoms with Crippen molar-refractivity contribution >= 4 is 11.3 Å². The van der Waals surface area contributed by atoms with Crippen molar-refractivity contribution in [3.63, 3.8) is 0 Å². The lowest BCUT2D eigenvalue weighted by atomic mass is 9.93. The van der Waals surface area contributed by atoms with Gasteiger partial charge in [-0.3, -0.25) is 0 Å². The molecule has 19 heavy (non-hydrogen) atoms. The number of ether oxygens (including phenoxy) is 1. The zero-order valence-electron chi connectivity index (χ0n) is 11.7. The number of benzene rings is 1. The van der Waals surface area contributed by atoms with E-state index in [1.807, 2.05) is 6.07 Å². The number of aromatic nitrogens is 1. The van der Waals surface area contributed by atoms with E-state index in [1.165, 1.54) is 0 Å². The van der Waals surface area contributed by atoms with Gasteiger partial charge in [0.05, 0.1) is 17.8 Å². The predicted molar refractivity (Wildman–Crippen MR) is 78.3 cm³/mol. The molecule has 0 unspecified atom stereocenters. The Balaban J connectivity index is 2.24. The van der Waals surface area contributed by atoms with Crippen molar-refractivity contribution in [1.29, 1.82) is 0 Å². The normalized spacial score (nSPS) is 11.6. The second-order valence-corrected chi connectivity index (χ2v) is 6.49. The molecular weight excluding hydrogens is 258 g/mol. The molecule has 2 rings (SSSR count). The Morgan fingerprint density at radius 1 is 1.32 bits per heavy atom. The van der Waals surface area contributed by atoms with Crippen molar-refractivity contribution in [3.8, 4) is 11.5 Å². The highest BCUT2D eigenvalue weighted by atomic mass is 32.1. The summed E-state index contributed by atoms with van der Waals surface area (Å²) in [4.78, 5) is 4.64. The van der Waals surface area contributed by atoms with E-state index in [2.05, 4.69) is 31.1 Å². The van der Waals surface area contributed by atoms with Gasteiger partial charge in [0, 0.05) is 22.8 Å². The summed E-state index contributed by atoms with van der Waals surface area (Å²) < 4.78 is 5.18. The van der Waals surface area contributed by atoms with Crippen LogP contribution in [0.2, 0.25) is 0 Å². The number of thiazole rings is 1. The molecule has 4 heteroatoms. The first-order chi connectivity index (χ1) is 8.90. The highest BCUT2D eigenvalue weighted by molar-refractivity contribution is 7.09. The molecule has 0 aliphatic rings. The van der Waals surface area contributed by atoms with Crippen molar-refractivity contribution in [2.45, 2.75) is 32.6 Å². The van der Waals surface area contributed by atoms with Crippen LogP contribution in [-0.2, 0) is 11.8 Å². The number of phenols is 1. The average Bonchev–Trinajstić information content (AvgIpc) is 2.80. The average molecular weight is 277 g/mol. The fourth-order valence-corrected chi connectivity index (χ4v) is 2.77. The molecule has 0 saturated heterocycles. The number of phenolic OH excluding ortho intramolecular Hbond substituents is 1. The van der Waals surface area contributed by atoms with E-state index in [9.17, 15) is 5.11 Å². The third kappa shape index (κ3) is 3.26. The Kier molecular flexibility index (Phi) is 3.80. The molecule has 0 atom stereocenters. The molecule has 0 spiro atoms. The van der Waals surface area contributed by atoms with Gasteiger partial charge in [-0.2, -0.15) is 0 Å². The van der Waals surface area contributed by atoms with Gasteiger partial charge in [0.1, 0.15) is 11.5 Å². The second kappa shape index (κ2) is 5.21. The molecule has 2 aromatic rings. The summed E-state index contributed by atoms with van der Waals surface area (Å²) in [5, 5.41) is 13.0. The fourth-order valence-electron chi connectivity index (χ4n) is 1.73. The van der Waals surface area contributed by atoms with Gasteiger partial charge in [0.25, 0.3) is 0 Å². The van der Waals surface area contributed by atoms with Gasteiger partial charge in [-0.05, 0) is 18.2 Å². The van der Waals surface area contributed by atoms with E-state index in [4.69, 9.17) is 4.74 Å². The van der Waals surface area contributed by atoms with E-state index >= 15 is 0 Å². The van der Waals surface area contributed by atoms with Crippen LogP contribution in [0.15, 0.2) is 23.6 Å². The van der Waals surface area contributed by atoms with Crippen molar-refractivity contribution in [2.24, 2.45) is 0 Å². The number of rotatable bonds is 3. The zero-order valence-corrected chi connectivity index (χ0v) is 12.5. The molecule has 102 valence electrons. The summed E-state index contributed by atoms with van der Waals surface area (Å²) >= 11 is 1.63. The van der Waals surface area contributed by atoms with Gasteiger partial charge in [-0.15, -0.1) is 11.3 Å². The molecule has 1 N–H and O–H groups in total. The molecule has 1 aromatic heterocycles. The second-order valence-electron chi connectivity index (χ2n) is 5.55. The minimum atomic E-state index is 0.0607. The monoisotopic (exact) mass is 277 g/mol. The highest BCUT2D eigenvalue weighted by Crippen LogP contribution is 2.29. The Bertz CT molecular complexity index is 570. The van der Waals surface area contributed by atoms with Crippen molar-refractivity contribution in [1.82, 2.24) is 4.98 Å². The molecule has 0 amide bonds. The lowest BCUT2D eigenvalue weighted by molar-refractivity contribution is 0.411. The predicted octanol–water partition coefficient (Wildman–Crippen LogP) is 3.75. The third-order valence-electron chi connectivity index (χ3n) is 2.95. The maximum atomic E-state index is 9.88. The minimum absolute atomic E-state index is 0.0607. The van der Waals surface area contributed by atoms with Crippen molar-refractivity contribution < 1.29 is 9.84 Å². The van der Waals surface area contributed by atoms with Crippen LogP contribution in [0.1, 0.15) is 37.0 Å². The number of hydrogen-bond acceptors (Lipinski definition) is 4. The van der Waals surface area contributed by atoms with Gasteiger partial charge in [0.15, 0.2) is 0 Å². The van der Waals surface area contributed by atoms with E-state index in [0.717, 1.165) is 22.0 Å². The van der Waals surface area contributed by atoms with Gasteiger partial charge in [-0.25, -0.2) is 4.98 Å². The van der Waals surface area contributed by atoms with Crippen LogP contribution < -0.4 is 4.74 Å². The summed E-state index contributed by atoms with van der Waals surface area (Å²) in [5.74, 6) is 1.04. The summed E-state index contributed by atoms with van der Waals surface area (Å²) in [6.07, 6.45) is 0.629. The lowest BCUT2D eigenvalue weighted by Gasteiger charge is -2.14. The van der Waals surface area contributed by atoms with E-state index < -0.39 is 0 Å². The molecule has 3 nitrogen and oxygen atoms in total. The van der Waals surface area contributed by atoms with Crippen LogP contribution in [-0.4, -0.2) is 17.2 Å². The van der Waals surface area contributed by atoms with Gasteiger partial charge >= 0.3 is 0 Å². The maximum Gasteiger partial charge on any atom is 0.119 e. The molecule has 0 radical (unpaired) electrons. The first-order valence-electron chi connectivity index (χ1n) is 6.21. The standard InChI is InChI=1S/C15H19NO2S/c1-15(2,3)13-9-19-14(16-13)8-10-7-11(18-4)5-6-12(10)17/h5-7,9,17H,8H2,1-4H3. The lowest BCUT2D eigenvalue weighted by Crippen LogP contribution is -2.11. The molecule has 1 heterocycles. The van der Waals surface area contributed by atoms with Crippen molar-refractivity contribution in [3.05, 3.63) is 39.8 Å². The molecule has 0 aliphatic carbocycles. The number of methoxy groups -OCH3 is 1. The van der Waals surface area contributed by atoms with E-state index in [0.29, 0.717) is 6.42 Å². The fraction of sp³-hybridized carbons (Fsp3) is 0.400. The Hall–Kier alpha value is -1.55. The van der Waals surface area contributed by atoms with Crippen LogP contribution in [0, 0.1) is 0 Å². The SMILES string of the molecule is COc1ccc(O)c(Cc2nc(C(C)(C)C)cs2)c1. The highest BCUT2D eigenvalue weighted by Gasteiger charge is 2.18. The largest absolute Gasteiger partial charge is 0.508 e. The van der Waals surface area contributed by atoms with Gasteiger partial charge < -0.3 is 9.84 Å². The van der Waals surface area contributed by atoms with E-state index in [-0.39, 0.29) is 11.2 Å². The van der Waals surface area contributed by atoms with E-state index in [1.54, 1.807) is 30.6 Å². The van der Waals surface area contributed by atoms with Crippen LogP contribution in [0.25, 0.3) is 0 Å². The topological polar surface area (TPSA) is 42.4 Å². The molecule has 0 aliphatic heterocycles. The summed E-state index contributed by atoms with van der Waals surface area (Å²) in [6.45, 7) is 6.44. The number of nitrogens with zero attached hydrogens (tertiary/aromatic N) is 1. The van der Waals surface area contributed by atoms with Crippen LogP contribution in [0.5, 0.6) is 11.5 Å².